The van der Waals surface area contributed by atoms with Crippen LogP contribution < -0.4 is 5.48 Å². The van der Waals surface area contributed by atoms with Crippen molar-refractivity contribution >= 4 is 11.6 Å². The molecule has 0 saturated carbocycles. The van der Waals surface area contributed by atoms with Crippen LogP contribution in [0.25, 0.3) is 0 Å². The predicted molar refractivity (Wildman–Crippen MR) is 48.4 cm³/mol. The summed E-state index contributed by atoms with van der Waals surface area (Å²) in [5.74, 6) is 0.558. The number of hydrogen-bond donors (Lipinski definition) is 1. The summed E-state index contributed by atoms with van der Waals surface area (Å²) in [5.41, 5.74) is 5.43. The summed E-state index contributed by atoms with van der Waals surface area (Å²) in [6, 6.07) is 0. The van der Waals surface area contributed by atoms with Crippen LogP contribution in [0.4, 0.5) is 0 Å². The van der Waals surface area contributed by atoms with E-state index >= 15 is 0 Å². The third kappa shape index (κ3) is 7.85. The topological polar surface area (TPSA) is 21.3 Å². The SMILES string of the molecule is CC(=CCl)CNOCC(C)C. The van der Waals surface area contributed by atoms with Gasteiger partial charge in [-0.3, -0.25) is 0 Å². The Morgan fingerprint density at radius 3 is 2.73 bits per heavy atom. The van der Waals surface area contributed by atoms with E-state index in [0.717, 1.165) is 12.2 Å². The molecule has 3 heteroatoms. The highest BCUT2D eigenvalue weighted by Crippen LogP contribution is 1.93. The van der Waals surface area contributed by atoms with Crippen LogP contribution in [-0.2, 0) is 4.84 Å². The summed E-state index contributed by atoms with van der Waals surface area (Å²) in [7, 11) is 0. The van der Waals surface area contributed by atoms with Crippen molar-refractivity contribution in [3.05, 3.63) is 11.1 Å². The minimum absolute atomic E-state index is 0.558. The lowest BCUT2D eigenvalue weighted by molar-refractivity contribution is 0.0292. The monoisotopic (exact) mass is 177 g/mol. The van der Waals surface area contributed by atoms with Crippen molar-refractivity contribution in [3.8, 4) is 0 Å². The van der Waals surface area contributed by atoms with Crippen molar-refractivity contribution in [2.75, 3.05) is 13.2 Å². The average molecular weight is 178 g/mol. The second kappa shape index (κ2) is 6.65. The molecule has 0 aliphatic heterocycles. The second-order valence-corrected chi connectivity index (χ2v) is 3.20. The highest BCUT2D eigenvalue weighted by molar-refractivity contribution is 6.25. The summed E-state index contributed by atoms with van der Waals surface area (Å²) < 4.78 is 0. The summed E-state index contributed by atoms with van der Waals surface area (Å²) in [6.45, 7) is 7.57. The molecule has 0 heterocycles. The zero-order valence-corrected chi connectivity index (χ0v) is 8.11. The highest BCUT2D eigenvalue weighted by atomic mass is 35.5. The molecule has 1 N–H and O–H groups in total. The van der Waals surface area contributed by atoms with E-state index in [1.165, 1.54) is 0 Å². The summed E-state index contributed by atoms with van der Waals surface area (Å²) in [5, 5.41) is 0. The number of nitrogens with one attached hydrogen (secondary N) is 1. The van der Waals surface area contributed by atoms with Gasteiger partial charge < -0.3 is 4.84 Å². The van der Waals surface area contributed by atoms with Gasteiger partial charge in [-0.1, -0.05) is 25.4 Å². The van der Waals surface area contributed by atoms with E-state index in [-0.39, 0.29) is 0 Å². The molecular weight excluding hydrogens is 162 g/mol. The third-order valence-electron chi connectivity index (χ3n) is 1.06. The van der Waals surface area contributed by atoms with Gasteiger partial charge in [0.2, 0.25) is 0 Å². The summed E-state index contributed by atoms with van der Waals surface area (Å²) in [4.78, 5) is 5.12. The van der Waals surface area contributed by atoms with E-state index < -0.39 is 0 Å². The molecule has 0 rings (SSSR count). The first kappa shape index (κ1) is 11.0. The van der Waals surface area contributed by atoms with Gasteiger partial charge in [0.05, 0.1) is 6.61 Å². The van der Waals surface area contributed by atoms with Crippen molar-refractivity contribution in [1.82, 2.24) is 5.48 Å². The van der Waals surface area contributed by atoms with Gasteiger partial charge in [-0.05, 0) is 18.4 Å². The van der Waals surface area contributed by atoms with Crippen molar-refractivity contribution in [1.29, 1.82) is 0 Å². The molecule has 0 spiro atoms. The maximum atomic E-state index is 5.44. The summed E-state index contributed by atoms with van der Waals surface area (Å²) in [6.07, 6.45) is 0. The molecule has 0 amide bonds. The Morgan fingerprint density at radius 2 is 2.27 bits per heavy atom. The Balaban J connectivity index is 3.15. The Hall–Kier alpha value is -0.0500. The normalized spacial score (nSPS) is 12.6. The van der Waals surface area contributed by atoms with Gasteiger partial charge in [0, 0.05) is 12.1 Å². The van der Waals surface area contributed by atoms with E-state index in [1.807, 2.05) is 6.92 Å². The lowest BCUT2D eigenvalue weighted by Gasteiger charge is -2.07. The smallest absolute Gasteiger partial charge is 0.0705 e. The number of halogens is 1. The predicted octanol–water partition coefficient (Wildman–Crippen LogP) is 2.31. The van der Waals surface area contributed by atoms with Gasteiger partial charge >= 0.3 is 0 Å². The number of hydroxylamine groups is 1. The van der Waals surface area contributed by atoms with Gasteiger partial charge in [0.25, 0.3) is 0 Å². The summed E-state index contributed by atoms with van der Waals surface area (Å²) >= 11 is 5.44. The first-order valence-corrected chi connectivity index (χ1v) is 4.21. The molecule has 0 radical (unpaired) electrons. The quantitative estimate of drug-likeness (QED) is 0.514. The fraction of sp³-hybridized carbons (Fsp3) is 0.750. The van der Waals surface area contributed by atoms with Crippen molar-refractivity contribution in [2.45, 2.75) is 20.8 Å². The highest BCUT2D eigenvalue weighted by Gasteiger charge is 1.92. The van der Waals surface area contributed by atoms with Gasteiger partial charge in [0.1, 0.15) is 0 Å². The molecule has 0 aliphatic rings. The van der Waals surface area contributed by atoms with Crippen molar-refractivity contribution < 1.29 is 4.84 Å². The average Bonchev–Trinajstić information content (AvgIpc) is 1.97. The van der Waals surface area contributed by atoms with Gasteiger partial charge in [0.15, 0.2) is 0 Å². The van der Waals surface area contributed by atoms with E-state index in [9.17, 15) is 0 Å². The molecule has 66 valence electrons. The van der Waals surface area contributed by atoms with Crippen molar-refractivity contribution in [3.63, 3.8) is 0 Å². The van der Waals surface area contributed by atoms with E-state index in [2.05, 4.69) is 19.3 Å². The maximum absolute atomic E-state index is 5.44. The molecule has 0 saturated heterocycles. The van der Waals surface area contributed by atoms with E-state index in [0.29, 0.717) is 12.5 Å². The molecule has 0 aromatic carbocycles. The maximum Gasteiger partial charge on any atom is 0.0705 e. The largest absolute Gasteiger partial charge is 0.301 e. The molecule has 0 atom stereocenters. The first-order chi connectivity index (χ1) is 5.16. The number of hydrogen-bond acceptors (Lipinski definition) is 2. The third-order valence-corrected chi connectivity index (χ3v) is 1.43. The van der Waals surface area contributed by atoms with Crippen LogP contribution in [0.15, 0.2) is 11.1 Å². The van der Waals surface area contributed by atoms with Crippen molar-refractivity contribution in [2.24, 2.45) is 5.92 Å². The van der Waals surface area contributed by atoms with Gasteiger partial charge in [-0.2, -0.15) is 5.48 Å². The molecule has 2 nitrogen and oxygen atoms in total. The Bertz CT molecular complexity index is 123. The zero-order valence-electron chi connectivity index (χ0n) is 7.36. The van der Waals surface area contributed by atoms with E-state index in [1.54, 1.807) is 5.54 Å². The van der Waals surface area contributed by atoms with Crippen LogP contribution in [0.3, 0.4) is 0 Å². The van der Waals surface area contributed by atoms with Crippen LogP contribution in [-0.4, -0.2) is 13.2 Å². The van der Waals surface area contributed by atoms with Gasteiger partial charge in [-0.25, -0.2) is 0 Å². The molecule has 0 unspecified atom stereocenters. The lowest BCUT2D eigenvalue weighted by Crippen LogP contribution is -2.19. The standard InChI is InChI=1S/C8H16ClNO/c1-7(2)6-11-10-5-8(3)4-9/h4,7,10H,5-6H2,1-3H3. The molecule has 0 bridgehead atoms. The van der Waals surface area contributed by atoms with Crippen LogP contribution in [0.5, 0.6) is 0 Å². The fourth-order valence-corrected chi connectivity index (χ4v) is 0.506. The Labute approximate surface area is 73.5 Å². The molecular formula is C8H16ClNO. The molecule has 11 heavy (non-hydrogen) atoms. The fourth-order valence-electron chi connectivity index (χ4n) is 0.429. The molecule has 0 aliphatic carbocycles. The van der Waals surface area contributed by atoms with Crippen LogP contribution in [0, 0.1) is 5.92 Å². The first-order valence-electron chi connectivity index (χ1n) is 3.77. The Kier molecular flexibility index (Phi) is 6.62. The number of rotatable bonds is 5. The van der Waals surface area contributed by atoms with Crippen LogP contribution in [0.1, 0.15) is 20.8 Å². The minimum Gasteiger partial charge on any atom is -0.301 e. The lowest BCUT2D eigenvalue weighted by atomic mass is 10.2. The van der Waals surface area contributed by atoms with Crippen LogP contribution >= 0.6 is 11.6 Å². The second-order valence-electron chi connectivity index (χ2n) is 2.98. The van der Waals surface area contributed by atoms with E-state index in [4.69, 9.17) is 16.4 Å². The molecule has 0 aromatic heterocycles. The zero-order chi connectivity index (χ0) is 8.69. The minimum atomic E-state index is 0.558. The van der Waals surface area contributed by atoms with Crippen LogP contribution in [0.2, 0.25) is 0 Å². The molecule has 0 fully saturated rings. The Morgan fingerprint density at radius 1 is 1.64 bits per heavy atom. The van der Waals surface area contributed by atoms with Gasteiger partial charge in [-0.15, -0.1) is 0 Å². The molecule has 0 aromatic rings.